The highest BCUT2D eigenvalue weighted by Crippen LogP contribution is 2.18. The zero-order valence-corrected chi connectivity index (χ0v) is 12.7. The van der Waals surface area contributed by atoms with Crippen LogP contribution in [0.1, 0.15) is 25.7 Å². The molecule has 3 N–H and O–H groups in total. The minimum atomic E-state index is 0.00213. The van der Waals surface area contributed by atoms with E-state index in [0.717, 1.165) is 31.6 Å². The maximum atomic E-state index is 11.8. The van der Waals surface area contributed by atoms with Gasteiger partial charge >= 0.3 is 0 Å². The summed E-state index contributed by atoms with van der Waals surface area (Å²) in [4.78, 5) is 12.1. The Morgan fingerprint density at radius 3 is 2.81 bits per heavy atom. The highest BCUT2D eigenvalue weighted by Gasteiger charge is 2.16. The fourth-order valence-electron chi connectivity index (χ4n) is 2.18. The van der Waals surface area contributed by atoms with Gasteiger partial charge in [-0.1, -0.05) is 12.2 Å². The van der Waals surface area contributed by atoms with Crippen molar-refractivity contribution in [1.82, 2.24) is 0 Å². The summed E-state index contributed by atoms with van der Waals surface area (Å²) in [6.07, 6.45) is 3.65. The second-order valence-corrected chi connectivity index (χ2v) is 5.53. The van der Waals surface area contributed by atoms with Crippen molar-refractivity contribution in [2.75, 3.05) is 18.5 Å². The number of nitrogens with one attached hydrogen (secondary N) is 1. The van der Waals surface area contributed by atoms with E-state index in [0.29, 0.717) is 17.2 Å². The minimum Gasteiger partial charge on any atom is -0.487 e. The molecular formula is C15H20N2O3S. The Bertz CT molecular complexity index is 484. The number of benzene rings is 1. The molecule has 0 spiro atoms. The molecule has 0 aromatic heterocycles. The minimum absolute atomic E-state index is 0.00213. The quantitative estimate of drug-likeness (QED) is 0.756. The fraction of sp³-hybridized carbons (Fsp3) is 0.467. The molecule has 21 heavy (non-hydrogen) atoms. The molecule has 6 heteroatoms. The van der Waals surface area contributed by atoms with Gasteiger partial charge < -0.3 is 20.5 Å². The Morgan fingerprint density at radius 1 is 1.43 bits per heavy atom. The van der Waals surface area contributed by atoms with Crippen molar-refractivity contribution in [3.8, 4) is 5.75 Å². The van der Waals surface area contributed by atoms with Crippen LogP contribution in [0.4, 0.5) is 5.69 Å². The van der Waals surface area contributed by atoms with Gasteiger partial charge in [-0.25, -0.2) is 0 Å². The number of hydrogen-bond acceptors (Lipinski definition) is 4. The zero-order chi connectivity index (χ0) is 15.1. The Morgan fingerprint density at radius 2 is 2.19 bits per heavy atom. The first kappa shape index (κ1) is 15.7. The number of rotatable bonds is 7. The van der Waals surface area contributed by atoms with Gasteiger partial charge in [0.1, 0.15) is 17.3 Å². The van der Waals surface area contributed by atoms with Crippen molar-refractivity contribution in [1.29, 1.82) is 0 Å². The highest BCUT2D eigenvalue weighted by atomic mass is 32.1. The van der Waals surface area contributed by atoms with E-state index >= 15 is 0 Å². The molecule has 1 fully saturated rings. The Kier molecular flexibility index (Phi) is 5.95. The maximum absolute atomic E-state index is 11.8. The van der Waals surface area contributed by atoms with E-state index < -0.39 is 0 Å². The van der Waals surface area contributed by atoms with Crippen LogP contribution < -0.4 is 15.8 Å². The predicted octanol–water partition coefficient (Wildman–Crippen LogP) is 2.25. The van der Waals surface area contributed by atoms with Gasteiger partial charge in [0.05, 0.1) is 6.10 Å². The molecule has 0 aliphatic carbocycles. The van der Waals surface area contributed by atoms with Crippen LogP contribution in [0.25, 0.3) is 0 Å². The van der Waals surface area contributed by atoms with Crippen LogP contribution in [0.5, 0.6) is 5.75 Å². The van der Waals surface area contributed by atoms with Gasteiger partial charge in [0, 0.05) is 18.7 Å². The molecule has 1 aromatic rings. The van der Waals surface area contributed by atoms with Gasteiger partial charge in [-0.05, 0) is 43.5 Å². The highest BCUT2D eigenvalue weighted by molar-refractivity contribution is 7.80. The van der Waals surface area contributed by atoms with E-state index in [1.54, 1.807) is 24.3 Å². The van der Waals surface area contributed by atoms with Crippen molar-refractivity contribution < 1.29 is 14.3 Å². The first-order valence-corrected chi connectivity index (χ1v) is 7.47. The maximum Gasteiger partial charge on any atom is 0.224 e. The largest absolute Gasteiger partial charge is 0.487 e. The number of ether oxygens (including phenoxy) is 2. The Labute approximate surface area is 129 Å². The Balaban J connectivity index is 1.73. The predicted molar refractivity (Wildman–Crippen MR) is 85.6 cm³/mol. The number of carbonyl (C=O) groups is 1. The van der Waals surface area contributed by atoms with Crippen LogP contribution in [0.15, 0.2) is 24.3 Å². The summed E-state index contributed by atoms with van der Waals surface area (Å²) in [7, 11) is 0. The number of nitrogens with two attached hydrogens (primary N) is 1. The smallest absolute Gasteiger partial charge is 0.224 e. The Hall–Kier alpha value is -1.66. The lowest BCUT2D eigenvalue weighted by Gasteiger charge is -2.10. The van der Waals surface area contributed by atoms with Crippen molar-refractivity contribution in [3.05, 3.63) is 24.3 Å². The summed E-state index contributed by atoms with van der Waals surface area (Å²) in [5.74, 6) is 0.669. The number of thiocarbonyl (C=S) groups is 1. The number of amides is 1. The van der Waals surface area contributed by atoms with E-state index in [1.807, 2.05) is 0 Å². The summed E-state index contributed by atoms with van der Waals surface area (Å²) < 4.78 is 10.8. The van der Waals surface area contributed by atoms with E-state index in [4.69, 9.17) is 27.4 Å². The zero-order valence-electron chi connectivity index (χ0n) is 11.8. The molecule has 1 saturated heterocycles. The van der Waals surface area contributed by atoms with Gasteiger partial charge in [-0.15, -0.1) is 0 Å². The average molecular weight is 308 g/mol. The van der Waals surface area contributed by atoms with Gasteiger partial charge in [0.2, 0.25) is 5.91 Å². The number of anilines is 1. The lowest BCUT2D eigenvalue weighted by atomic mass is 10.1. The fourth-order valence-corrected chi connectivity index (χ4v) is 2.24. The lowest BCUT2D eigenvalue weighted by molar-refractivity contribution is -0.116. The molecule has 114 valence electrons. The van der Waals surface area contributed by atoms with Crippen molar-refractivity contribution in [3.63, 3.8) is 0 Å². The molecule has 0 saturated carbocycles. The van der Waals surface area contributed by atoms with Gasteiger partial charge in [-0.3, -0.25) is 4.79 Å². The van der Waals surface area contributed by atoms with Crippen LogP contribution >= 0.6 is 12.2 Å². The molecule has 1 atom stereocenters. The molecule has 1 unspecified atom stereocenters. The molecule has 0 radical (unpaired) electrons. The van der Waals surface area contributed by atoms with Crippen LogP contribution in [-0.2, 0) is 9.53 Å². The average Bonchev–Trinajstić information content (AvgIpc) is 2.98. The summed E-state index contributed by atoms with van der Waals surface area (Å²) >= 11 is 4.74. The van der Waals surface area contributed by atoms with Gasteiger partial charge in [0.15, 0.2) is 0 Å². The molecule has 2 rings (SSSR count). The van der Waals surface area contributed by atoms with E-state index in [1.165, 1.54) is 0 Å². The molecular weight excluding hydrogens is 288 g/mol. The second-order valence-electron chi connectivity index (χ2n) is 5.00. The van der Waals surface area contributed by atoms with E-state index in [2.05, 4.69) is 5.32 Å². The summed E-state index contributed by atoms with van der Waals surface area (Å²) in [5.41, 5.74) is 6.11. The lowest BCUT2D eigenvalue weighted by Crippen LogP contribution is -2.18. The van der Waals surface area contributed by atoms with Crippen LogP contribution in [0.3, 0.4) is 0 Å². The molecule has 1 aromatic carbocycles. The van der Waals surface area contributed by atoms with Crippen LogP contribution in [0, 0.1) is 0 Å². The van der Waals surface area contributed by atoms with E-state index in [-0.39, 0.29) is 18.6 Å². The standard InChI is InChI=1S/C15H20N2O3S/c16-14(21)10-20-13-5-3-11(4-6-13)17-15(18)8-7-12-2-1-9-19-12/h3-6,12H,1-2,7-10H2,(H2,16,21)(H,17,18). The SMILES string of the molecule is NC(=S)COc1ccc(NC(=O)CCC2CCCO2)cc1. The van der Waals surface area contributed by atoms with E-state index in [9.17, 15) is 4.79 Å². The summed E-state index contributed by atoms with van der Waals surface area (Å²) in [6, 6.07) is 7.12. The molecule has 1 aliphatic heterocycles. The van der Waals surface area contributed by atoms with Crippen molar-refractivity contribution >= 4 is 28.8 Å². The number of carbonyl (C=O) groups excluding carboxylic acids is 1. The summed E-state index contributed by atoms with van der Waals surface area (Å²) in [6.45, 7) is 1.03. The third-order valence-electron chi connectivity index (χ3n) is 3.24. The molecule has 5 nitrogen and oxygen atoms in total. The van der Waals surface area contributed by atoms with Crippen LogP contribution in [0.2, 0.25) is 0 Å². The second kappa shape index (κ2) is 7.95. The molecule has 0 bridgehead atoms. The molecule has 1 aliphatic rings. The normalized spacial score (nSPS) is 17.4. The first-order valence-electron chi connectivity index (χ1n) is 7.06. The summed E-state index contributed by atoms with van der Waals surface area (Å²) in [5, 5.41) is 2.86. The van der Waals surface area contributed by atoms with Crippen molar-refractivity contribution in [2.24, 2.45) is 5.73 Å². The number of hydrogen-bond donors (Lipinski definition) is 2. The molecule has 1 amide bonds. The van der Waals surface area contributed by atoms with Gasteiger partial charge in [0.25, 0.3) is 0 Å². The van der Waals surface area contributed by atoms with Gasteiger partial charge in [-0.2, -0.15) is 0 Å². The first-order chi connectivity index (χ1) is 10.1. The third-order valence-corrected chi connectivity index (χ3v) is 3.35. The topological polar surface area (TPSA) is 73.6 Å². The van der Waals surface area contributed by atoms with Crippen molar-refractivity contribution in [2.45, 2.75) is 31.8 Å². The van der Waals surface area contributed by atoms with Crippen LogP contribution in [-0.4, -0.2) is 30.2 Å². The monoisotopic (exact) mass is 308 g/mol. The third kappa shape index (κ3) is 5.69. The molecule has 1 heterocycles.